The van der Waals surface area contributed by atoms with Crippen LogP contribution in [0.1, 0.15) is 36.7 Å². The highest BCUT2D eigenvalue weighted by Gasteiger charge is 2.33. The van der Waals surface area contributed by atoms with Crippen LogP contribution in [-0.4, -0.2) is 49.4 Å². The molecular formula is C30H28F4N6O4S. The standard InChI is InChI=1S/C30H28F4N6O4S/c1-17(2)22-10-4-18(3)12-25(22)40-27(41)15-45-29(40)37-28(42)36-24-11-9-21(13-23(24)31)43-14-26-35-16-39(38-26)19-5-7-20(8-6-19)44-30(32,33)34/h4-13,16-17,28,36,42H,14-15H2,1-3H3/b37-29-. The molecule has 2 heterocycles. The first kappa shape index (κ1) is 31.8. The molecule has 1 aliphatic heterocycles. The summed E-state index contributed by atoms with van der Waals surface area (Å²) < 4.78 is 62.8. The van der Waals surface area contributed by atoms with Crippen LogP contribution in [0.5, 0.6) is 11.5 Å². The lowest BCUT2D eigenvalue weighted by Crippen LogP contribution is -2.32. The van der Waals surface area contributed by atoms with Crippen LogP contribution < -0.4 is 19.7 Å². The van der Waals surface area contributed by atoms with Gasteiger partial charge in [0.25, 0.3) is 0 Å². The van der Waals surface area contributed by atoms with Crippen molar-refractivity contribution in [3.05, 3.63) is 89.8 Å². The number of halogens is 4. The highest BCUT2D eigenvalue weighted by molar-refractivity contribution is 8.15. The maximum atomic E-state index is 14.9. The molecule has 236 valence electrons. The number of ether oxygens (including phenoxy) is 2. The maximum Gasteiger partial charge on any atom is 0.573 e. The first-order valence-electron chi connectivity index (χ1n) is 13.6. The first-order valence-corrected chi connectivity index (χ1v) is 14.6. The Morgan fingerprint density at radius 3 is 2.51 bits per heavy atom. The van der Waals surface area contributed by atoms with E-state index in [1.54, 1.807) is 0 Å². The van der Waals surface area contributed by atoms with E-state index >= 15 is 0 Å². The molecule has 1 amide bonds. The predicted octanol–water partition coefficient (Wildman–Crippen LogP) is 6.14. The second-order valence-electron chi connectivity index (χ2n) is 10.2. The van der Waals surface area contributed by atoms with E-state index in [1.165, 1.54) is 51.9 Å². The Morgan fingerprint density at radius 1 is 1.09 bits per heavy atom. The number of anilines is 2. The lowest BCUT2D eigenvalue weighted by Gasteiger charge is -2.23. The summed E-state index contributed by atoms with van der Waals surface area (Å²) in [5.41, 5.74) is 3.03. The van der Waals surface area contributed by atoms with Crippen molar-refractivity contribution in [1.29, 1.82) is 0 Å². The molecule has 1 unspecified atom stereocenters. The Hall–Kier alpha value is -4.63. The number of rotatable bonds is 10. The van der Waals surface area contributed by atoms with Crippen LogP contribution >= 0.6 is 11.8 Å². The fourth-order valence-corrected chi connectivity index (χ4v) is 5.33. The Kier molecular flexibility index (Phi) is 9.29. The summed E-state index contributed by atoms with van der Waals surface area (Å²) in [4.78, 5) is 22.6. The van der Waals surface area contributed by atoms with Gasteiger partial charge in [-0.15, -0.1) is 18.3 Å². The largest absolute Gasteiger partial charge is 0.573 e. The van der Waals surface area contributed by atoms with Crippen molar-refractivity contribution in [2.75, 3.05) is 16.0 Å². The van der Waals surface area contributed by atoms with Crippen molar-refractivity contribution in [2.24, 2.45) is 4.99 Å². The average molecular weight is 645 g/mol. The minimum absolute atomic E-state index is 0.0427. The fraction of sp³-hybridized carbons (Fsp3) is 0.267. The topological polar surface area (TPSA) is 114 Å². The van der Waals surface area contributed by atoms with Gasteiger partial charge in [-0.2, -0.15) is 0 Å². The maximum absolute atomic E-state index is 14.9. The van der Waals surface area contributed by atoms with E-state index in [0.29, 0.717) is 16.5 Å². The van der Waals surface area contributed by atoms with Gasteiger partial charge < -0.3 is 19.9 Å². The predicted molar refractivity (Wildman–Crippen MR) is 161 cm³/mol. The minimum Gasteiger partial charge on any atom is -0.485 e. The highest BCUT2D eigenvalue weighted by atomic mass is 32.2. The van der Waals surface area contributed by atoms with Crippen molar-refractivity contribution in [1.82, 2.24) is 14.8 Å². The van der Waals surface area contributed by atoms with E-state index in [0.717, 1.165) is 29.3 Å². The van der Waals surface area contributed by atoms with Crippen LogP contribution in [0.2, 0.25) is 0 Å². The van der Waals surface area contributed by atoms with Crippen LogP contribution in [0.3, 0.4) is 0 Å². The van der Waals surface area contributed by atoms with Crippen LogP contribution in [0.25, 0.3) is 5.69 Å². The number of aromatic nitrogens is 3. The van der Waals surface area contributed by atoms with E-state index in [4.69, 9.17) is 4.74 Å². The van der Waals surface area contributed by atoms with Crippen molar-refractivity contribution < 1.29 is 36.9 Å². The Balaban J connectivity index is 1.21. The number of aliphatic hydroxyl groups is 1. The van der Waals surface area contributed by atoms with Gasteiger partial charge in [0.05, 0.1) is 22.8 Å². The molecule has 45 heavy (non-hydrogen) atoms. The summed E-state index contributed by atoms with van der Waals surface area (Å²) in [7, 11) is 0. The van der Waals surface area contributed by atoms with Crippen LogP contribution in [0.15, 0.2) is 72.0 Å². The Bertz CT molecular complexity index is 1710. The third-order valence-electron chi connectivity index (χ3n) is 6.51. The Morgan fingerprint density at radius 2 is 1.82 bits per heavy atom. The smallest absolute Gasteiger partial charge is 0.485 e. The molecule has 5 rings (SSSR count). The number of thioether (sulfide) groups is 1. The van der Waals surface area contributed by atoms with Gasteiger partial charge in [-0.25, -0.2) is 19.0 Å². The number of alkyl halides is 3. The number of amidine groups is 1. The molecule has 4 aromatic rings. The quantitative estimate of drug-likeness (QED) is 0.156. The molecular weight excluding hydrogens is 616 g/mol. The van der Waals surface area contributed by atoms with E-state index in [-0.39, 0.29) is 47.2 Å². The van der Waals surface area contributed by atoms with Gasteiger partial charge in [-0.3, -0.25) is 9.69 Å². The van der Waals surface area contributed by atoms with E-state index in [1.807, 2.05) is 39.0 Å². The summed E-state index contributed by atoms with van der Waals surface area (Å²) in [6, 6.07) is 14.9. The molecule has 0 bridgehead atoms. The SMILES string of the molecule is Cc1ccc(C(C)C)c(N2C(=O)CS/C2=N\C(O)Nc2ccc(OCc3ncn(-c4ccc(OC(F)(F)F)cc4)n3)cc2F)c1. The normalized spacial score (nSPS) is 15.2. The molecule has 0 saturated carbocycles. The molecule has 0 spiro atoms. The van der Waals surface area contributed by atoms with Crippen molar-refractivity contribution in [3.63, 3.8) is 0 Å². The fourth-order valence-electron chi connectivity index (χ4n) is 4.44. The molecule has 0 radical (unpaired) electrons. The second kappa shape index (κ2) is 13.2. The van der Waals surface area contributed by atoms with Gasteiger partial charge in [0.1, 0.15) is 30.3 Å². The van der Waals surface area contributed by atoms with Gasteiger partial charge in [0.2, 0.25) is 12.3 Å². The summed E-state index contributed by atoms with van der Waals surface area (Å²) in [5, 5.41) is 17.7. The lowest BCUT2D eigenvalue weighted by molar-refractivity contribution is -0.274. The molecule has 0 aliphatic carbocycles. The summed E-state index contributed by atoms with van der Waals surface area (Å²) in [6.07, 6.45) is -4.98. The van der Waals surface area contributed by atoms with E-state index in [9.17, 15) is 27.5 Å². The molecule has 1 atom stereocenters. The molecule has 15 heteroatoms. The second-order valence-corrected chi connectivity index (χ2v) is 11.2. The number of aliphatic imine (C=N–C) groups is 1. The molecule has 1 aliphatic rings. The summed E-state index contributed by atoms with van der Waals surface area (Å²) in [6.45, 7) is 5.86. The van der Waals surface area contributed by atoms with Crippen molar-refractivity contribution in [2.45, 2.75) is 46.0 Å². The molecule has 1 aromatic heterocycles. The number of carbonyl (C=O) groups excluding carboxylic acids is 1. The average Bonchev–Trinajstić information content (AvgIpc) is 3.59. The molecule has 2 N–H and O–H groups in total. The number of amides is 1. The number of aliphatic hydroxyl groups excluding tert-OH is 1. The van der Waals surface area contributed by atoms with Gasteiger partial charge in [0.15, 0.2) is 11.0 Å². The number of hydrogen-bond acceptors (Lipinski definition) is 9. The number of carbonyl (C=O) groups is 1. The van der Waals surface area contributed by atoms with Crippen molar-refractivity contribution >= 4 is 34.2 Å². The first-order chi connectivity index (χ1) is 21.4. The van der Waals surface area contributed by atoms with Crippen LogP contribution in [0, 0.1) is 12.7 Å². The summed E-state index contributed by atoms with van der Waals surface area (Å²) >= 11 is 1.18. The minimum atomic E-state index is -4.79. The third-order valence-corrected chi connectivity index (χ3v) is 7.45. The lowest BCUT2D eigenvalue weighted by atomic mass is 9.99. The van der Waals surface area contributed by atoms with Crippen LogP contribution in [0.4, 0.5) is 28.9 Å². The molecule has 1 saturated heterocycles. The van der Waals surface area contributed by atoms with Crippen LogP contribution in [-0.2, 0) is 11.4 Å². The zero-order chi connectivity index (χ0) is 32.3. The van der Waals surface area contributed by atoms with Gasteiger partial charge >= 0.3 is 6.36 Å². The number of nitrogens with one attached hydrogen (secondary N) is 1. The Labute approximate surface area is 259 Å². The van der Waals surface area contributed by atoms with Crippen molar-refractivity contribution in [3.8, 4) is 17.2 Å². The van der Waals surface area contributed by atoms with Gasteiger partial charge in [0, 0.05) is 6.07 Å². The highest BCUT2D eigenvalue weighted by Crippen LogP contribution is 2.34. The third kappa shape index (κ3) is 7.91. The number of nitrogens with zero attached hydrogens (tertiary/aromatic N) is 5. The monoisotopic (exact) mass is 644 g/mol. The number of benzene rings is 3. The van der Waals surface area contributed by atoms with Gasteiger partial charge in [-0.05, 0) is 66.4 Å². The molecule has 10 nitrogen and oxygen atoms in total. The van der Waals surface area contributed by atoms with E-state index < -0.39 is 18.5 Å². The molecule has 3 aromatic carbocycles. The number of aryl methyl sites for hydroxylation is 1. The van der Waals surface area contributed by atoms with Gasteiger partial charge in [-0.1, -0.05) is 37.7 Å². The summed E-state index contributed by atoms with van der Waals surface area (Å²) in [5.74, 6) is -0.556. The number of hydrogen-bond donors (Lipinski definition) is 2. The molecule has 1 fully saturated rings. The van der Waals surface area contributed by atoms with E-state index in [2.05, 4.69) is 25.1 Å². The zero-order valence-corrected chi connectivity index (χ0v) is 25.1. The zero-order valence-electron chi connectivity index (χ0n) is 24.2.